The van der Waals surface area contributed by atoms with Gasteiger partial charge in [0.25, 0.3) is 0 Å². The summed E-state index contributed by atoms with van der Waals surface area (Å²) in [4.78, 5) is 0. The molecule has 0 aromatic heterocycles. The molecule has 1 saturated heterocycles. The molecule has 0 spiro atoms. The van der Waals surface area contributed by atoms with E-state index in [-0.39, 0.29) is 5.82 Å². The first kappa shape index (κ1) is 24.7. The summed E-state index contributed by atoms with van der Waals surface area (Å²) >= 11 is 0. The highest BCUT2D eigenvalue weighted by Gasteiger charge is 2.23. The Hall–Kier alpha value is -2.37. The summed E-state index contributed by atoms with van der Waals surface area (Å²) in [5, 5.41) is 1.32. The van der Waals surface area contributed by atoms with E-state index in [0.717, 1.165) is 23.4 Å². The maximum atomic E-state index is 15.1. The third kappa shape index (κ3) is 6.19. The number of benzene rings is 3. The molecule has 0 atom stereocenters. The number of hydrogen-bond acceptors (Lipinski definition) is 2. The van der Waals surface area contributed by atoms with E-state index in [0.29, 0.717) is 48.5 Å². The molecule has 0 saturated carbocycles. The zero-order valence-corrected chi connectivity index (χ0v) is 19.8. The minimum absolute atomic E-state index is 0.278. The van der Waals surface area contributed by atoms with E-state index in [4.69, 9.17) is 9.47 Å². The predicted octanol–water partition coefficient (Wildman–Crippen LogP) is 8.06. The van der Waals surface area contributed by atoms with Gasteiger partial charge >= 0.3 is 0 Å². The van der Waals surface area contributed by atoms with Crippen LogP contribution in [0.2, 0.25) is 0 Å². The maximum Gasteiger partial charge on any atom is 0.183 e. The molecule has 0 bridgehead atoms. The summed E-state index contributed by atoms with van der Waals surface area (Å²) < 4.78 is 53.7. The van der Waals surface area contributed by atoms with Crippen LogP contribution in [0.1, 0.15) is 68.4 Å². The molecular formula is C29H33F3O2. The monoisotopic (exact) mass is 470 g/mol. The first-order valence-corrected chi connectivity index (χ1v) is 12.4. The summed E-state index contributed by atoms with van der Waals surface area (Å²) in [6.07, 6.45) is 7.90. The maximum absolute atomic E-state index is 15.1. The van der Waals surface area contributed by atoms with Gasteiger partial charge in [0.15, 0.2) is 17.9 Å². The fraction of sp³-hybridized carbons (Fsp3) is 0.448. The molecule has 5 heteroatoms. The average Bonchev–Trinajstić information content (AvgIpc) is 2.86. The van der Waals surface area contributed by atoms with Crippen LogP contribution in [0.3, 0.4) is 0 Å². The molecule has 0 aliphatic carbocycles. The number of fused-ring (bicyclic) bond motifs is 1. The Kier molecular flexibility index (Phi) is 8.63. The molecule has 182 valence electrons. The quantitative estimate of drug-likeness (QED) is 0.279. The highest BCUT2D eigenvalue weighted by Crippen LogP contribution is 2.31. The van der Waals surface area contributed by atoms with Crippen LogP contribution in [0, 0.1) is 23.4 Å². The molecule has 0 radical (unpaired) electrons. The molecule has 2 nitrogen and oxygen atoms in total. The van der Waals surface area contributed by atoms with Crippen molar-refractivity contribution in [2.75, 3.05) is 13.2 Å². The Morgan fingerprint density at radius 3 is 2.35 bits per heavy atom. The number of aryl methyl sites for hydroxylation is 2. The third-order valence-electron chi connectivity index (χ3n) is 6.68. The van der Waals surface area contributed by atoms with Crippen molar-refractivity contribution in [1.82, 2.24) is 0 Å². The molecule has 1 aliphatic heterocycles. The zero-order valence-electron chi connectivity index (χ0n) is 19.8. The zero-order chi connectivity index (χ0) is 23.9. The van der Waals surface area contributed by atoms with E-state index in [2.05, 4.69) is 6.92 Å². The van der Waals surface area contributed by atoms with Crippen LogP contribution < -0.4 is 0 Å². The van der Waals surface area contributed by atoms with Crippen molar-refractivity contribution in [2.24, 2.45) is 5.92 Å². The molecule has 0 unspecified atom stereocenters. The number of unbranched alkanes of at least 4 members (excludes halogenated alkanes) is 4. The van der Waals surface area contributed by atoms with E-state index >= 15 is 4.39 Å². The van der Waals surface area contributed by atoms with Gasteiger partial charge in [-0.15, -0.1) is 0 Å². The van der Waals surface area contributed by atoms with Crippen molar-refractivity contribution >= 4 is 10.8 Å². The molecule has 0 amide bonds. The second kappa shape index (κ2) is 11.9. The van der Waals surface area contributed by atoms with Crippen LogP contribution in [-0.2, 0) is 22.3 Å². The Morgan fingerprint density at radius 2 is 1.59 bits per heavy atom. The fourth-order valence-electron chi connectivity index (χ4n) is 4.61. The molecular weight excluding hydrogens is 437 g/mol. The predicted molar refractivity (Wildman–Crippen MR) is 129 cm³/mol. The number of rotatable bonds is 10. The largest absolute Gasteiger partial charge is 0.348 e. The highest BCUT2D eigenvalue weighted by atomic mass is 19.2. The topological polar surface area (TPSA) is 18.5 Å². The normalized spacial score (nSPS) is 18.5. The van der Waals surface area contributed by atoms with Gasteiger partial charge in [-0.25, -0.2) is 13.2 Å². The Bertz CT molecular complexity index is 1090. The van der Waals surface area contributed by atoms with Gasteiger partial charge in [0, 0.05) is 16.9 Å². The number of ether oxygens (including phenoxy) is 2. The van der Waals surface area contributed by atoms with Crippen LogP contribution in [0.25, 0.3) is 10.8 Å². The molecule has 3 aromatic rings. The summed E-state index contributed by atoms with van der Waals surface area (Å²) in [6.45, 7) is 3.60. The molecule has 1 fully saturated rings. The van der Waals surface area contributed by atoms with Crippen molar-refractivity contribution < 1.29 is 22.6 Å². The minimum Gasteiger partial charge on any atom is -0.348 e. The van der Waals surface area contributed by atoms with Crippen LogP contribution in [-0.4, -0.2) is 13.2 Å². The molecule has 4 rings (SSSR count). The molecule has 1 heterocycles. The van der Waals surface area contributed by atoms with Crippen molar-refractivity contribution in [1.29, 1.82) is 0 Å². The second-order valence-corrected chi connectivity index (χ2v) is 9.34. The van der Waals surface area contributed by atoms with E-state index in [9.17, 15) is 8.78 Å². The smallest absolute Gasteiger partial charge is 0.183 e. The Morgan fingerprint density at radius 1 is 0.794 bits per heavy atom. The molecule has 1 aliphatic rings. The van der Waals surface area contributed by atoms with E-state index in [1.54, 1.807) is 12.1 Å². The highest BCUT2D eigenvalue weighted by molar-refractivity contribution is 5.84. The van der Waals surface area contributed by atoms with Crippen molar-refractivity contribution in [3.63, 3.8) is 0 Å². The van der Waals surface area contributed by atoms with Gasteiger partial charge in [-0.1, -0.05) is 69.4 Å². The van der Waals surface area contributed by atoms with E-state index in [1.807, 2.05) is 18.2 Å². The van der Waals surface area contributed by atoms with E-state index in [1.165, 1.54) is 44.2 Å². The van der Waals surface area contributed by atoms with Crippen molar-refractivity contribution in [3.8, 4) is 0 Å². The van der Waals surface area contributed by atoms with Gasteiger partial charge in [-0.05, 0) is 54.0 Å². The van der Waals surface area contributed by atoms with Crippen molar-refractivity contribution in [2.45, 2.75) is 64.6 Å². The summed E-state index contributed by atoms with van der Waals surface area (Å²) in [7, 11) is 0. The summed E-state index contributed by atoms with van der Waals surface area (Å²) in [6, 6.07) is 13.0. The van der Waals surface area contributed by atoms with Gasteiger partial charge in [-0.2, -0.15) is 0 Å². The Balaban J connectivity index is 1.35. The number of halogens is 3. The lowest BCUT2D eigenvalue weighted by Gasteiger charge is -2.30. The third-order valence-corrected chi connectivity index (χ3v) is 6.68. The fourth-order valence-corrected chi connectivity index (χ4v) is 4.61. The lowest BCUT2D eigenvalue weighted by Crippen LogP contribution is -2.27. The van der Waals surface area contributed by atoms with Gasteiger partial charge < -0.3 is 9.47 Å². The van der Waals surface area contributed by atoms with Gasteiger partial charge in [0.1, 0.15) is 5.82 Å². The summed E-state index contributed by atoms with van der Waals surface area (Å²) in [5.41, 5.74) is 2.08. The summed E-state index contributed by atoms with van der Waals surface area (Å²) in [5.74, 6) is -1.59. The Labute approximate surface area is 200 Å². The van der Waals surface area contributed by atoms with Gasteiger partial charge in [0.05, 0.1) is 13.2 Å². The van der Waals surface area contributed by atoms with Crippen LogP contribution in [0.4, 0.5) is 13.2 Å². The van der Waals surface area contributed by atoms with Crippen LogP contribution in [0.5, 0.6) is 0 Å². The average molecular weight is 471 g/mol. The van der Waals surface area contributed by atoms with Crippen LogP contribution >= 0.6 is 0 Å². The van der Waals surface area contributed by atoms with Gasteiger partial charge in [0.2, 0.25) is 0 Å². The lowest BCUT2D eigenvalue weighted by atomic mass is 9.98. The van der Waals surface area contributed by atoms with Crippen LogP contribution in [0.15, 0.2) is 48.5 Å². The van der Waals surface area contributed by atoms with Gasteiger partial charge in [-0.3, -0.25) is 0 Å². The first-order valence-electron chi connectivity index (χ1n) is 12.4. The lowest BCUT2D eigenvalue weighted by molar-refractivity contribution is -0.206. The molecule has 34 heavy (non-hydrogen) atoms. The SMILES string of the molecule is CCCCCCCC1COC(c2ccc3c(F)c(CCc4ccc(F)c(F)c4)ccc3c2)OC1. The second-order valence-electron chi connectivity index (χ2n) is 9.34. The first-order chi connectivity index (χ1) is 16.5. The standard InChI is InChI=1S/C29H33F3O2/c1-2-3-4-5-6-7-21-18-33-29(34-19-21)24-13-14-25-23(17-24)12-11-22(28(25)32)10-8-20-9-15-26(30)27(31)16-20/h9,11-17,21,29H,2-8,10,18-19H2,1H3. The minimum atomic E-state index is -0.880. The van der Waals surface area contributed by atoms with E-state index < -0.39 is 17.9 Å². The van der Waals surface area contributed by atoms with Crippen molar-refractivity contribution in [3.05, 3.63) is 82.7 Å². The molecule has 0 N–H and O–H groups in total. The number of hydrogen-bond donors (Lipinski definition) is 0. The molecule has 3 aromatic carbocycles.